The first-order chi connectivity index (χ1) is 14.7. The predicted molar refractivity (Wildman–Crippen MR) is 111 cm³/mol. The number of benzene rings is 2. The van der Waals surface area contributed by atoms with Crippen molar-refractivity contribution >= 4 is 26.0 Å². The van der Waals surface area contributed by atoms with Gasteiger partial charge in [0.1, 0.15) is 0 Å². The van der Waals surface area contributed by atoms with Crippen LogP contribution in [0.25, 0.3) is 0 Å². The van der Waals surface area contributed by atoms with Gasteiger partial charge in [-0.1, -0.05) is 29.8 Å². The Hall–Kier alpha value is -2.48. The fourth-order valence-corrected chi connectivity index (χ4v) is 5.07. The third-order valence-corrected chi connectivity index (χ3v) is 7.33. The molecule has 0 fully saturated rings. The number of carbonyl (C=O) groups excluding carboxylic acids is 1. The van der Waals surface area contributed by atoms with Crippen molar-refractivity contribution in [1.29, 1.82) is 0 Å². The van der Waals surface area contributed by atoms with Crippen molar-refractivity contribution in [3.05, 3.63) is 59.7 Å². The molecular formula is C19H22F3N3O5S2. The summed E-state index contributed by atoms with van der Waals surface area (Å²) in [4.78, 5) is 11.2. The number of alkyl halides is 3. The summed E-state index contributed by atoms with van der Waals surface area (Å²) >= 11 is 0. The molecule has 2 rings (SSSR count). The maximum Gasteiger partial charge on any atom is 0.417 e. The van der Waals surface area contributed by atoms with Gasteiger partial charge >= 0.3 is 6.18 Å². The molecule has 3 N–H and O–H groups in total. The molecule has 0 aliphatic heterocycles. The Balaban J connectivity index is 1.94. The molecule has 0 bridgehead atoms. The molecule has 2 aromatic carbocycles. The Labute approximate surface area is 184 Å². The highest BCUT2D eigenvalue weighted by atomic mass is 32.2. The zero-order valence-electron chi connectivity index (χ0n) is 17.1. The Kier molecular flexibility index (Phi) is 8.04. The average molecular weight is 494 g/mol. The van der Waals surface area contributed by atoms with E-state index in [1.165, 1.54) is 12.1 Å². The fraction of sp³-hybridized carbons (Fsp3) is 0.316. The van der Waals surface area contributed by atoms with Crippen LogP contribution in [0.4, 0.5) is 13.2 Å². The van der Waals surface area contributed by atoms with Gasteiger partial charge in [-0.2, -0.15) is 17.9 Å². The zero-order valence-corrected chi connectivity index (χ0v) is 18.7. The Morgan fingerprint density at radius 2 is 1.53 bits per heavy atom. The van der Waals surface area contributed by atoms with Crippen LogP contribution in [0.1, 0.15) is 18.1 Å². The number of rotatable bonds is 9. The van der Waals surface area contributed by atoms with Gasteiger partial charge in [0, 0.05) is 13.1 Å². The molecule has 0 saturated heterocycles. The summed E-state index contributed by atoms with van der Waals surface area (Å²) in [5, 5.41) is 2.32. The maximum atomic E-state index is 13.1. The van der Waals surface area contributed by atoms with Crippen LogP contribution in [0.5, 0.6) is 0 Å². The number of carbonyl (C=O) groups is 1. The molecular weight excluding hydrogens is 471 g/mol. The van der Waals surface area contributed by atoms with E-state index in [0.717, 1.165) is 30.7 Å². The highest BCUT2D eigenvalue weighted by Crippen LogP contribution is 2.33. The number of sulfonamides is 2. The normalized spacial score (nSPS) is 13.5. The molecule has 1 atom stereocenters. The standard InChI is InChI=1S/C19H22F3N3O5S2/c1-13-7-9-15(10-8-13)31(27,28)24-12-11-23-18(26)14(2)25-32(29,30)17-6-4-3-5-16(17)19(20,21)22/h3-10,14,24-25H,11-12H2,1-2H3,(H,23,26)/t14-/m0/s1. The molecule has 0 unspecified atom stereocenters. The molecule has 32 heavy (non-hydrogen) atoms. The zero-order chi connectivity index (χ0) is 24.2. The number of halogens is 3. The van der Waals surface area contributed by atoms with Crippen LogP contribution in [0.15, 0.2) is 58.3 Å². The van der Waals surface area contributed by atoms with Crippen molar-refractivity contribution in [2.24, 2.45) is 0 Å². The first-order valence-electron chi connectivity index (χ1n) is 9.26. The smallest absolute Gasteiger partial charge is 0.353 e. The summed E-state index contributed by atoms with van der Waals surface area (Å²) in [5.74, 6) is -0.840. The lowest BCUT2D eigenvalue weighted by atomic mass is 10.2. The monoisotopic (exact) mass is 493 g/mol. The van der Waals surface area contributed by atoms with Gasteiger partial charge in [0.2, 0.25) is 26.0 Å². The van der Waals surface area contributed by atoms with E-state index in [0.29, 0.717) is 6.07 Å². The van der Waals surface area contributed by atoms with E-state index in [-0.39, 0.29) is 18.0 Å². The van der Waals surface area contributed by atoms with E-state index in [2.05, 4.69) is 10.0 Å². The van der Waals surface area contributed by atoms with Crippen LogP contribution in [0.2, 0.25) is 0 Å². The Morgan fingerprint density at radius 3 is 2.12 bits per heavy atom. The topological polar surface area (TPSA) is 121 Å². The van der Waals surface area contributed by atoms with Crippen molar-refractivity contribution in [1.82, 2.24) is 14.8 Å². The van der Waals surface area contributed by atoms with Crippen LogP contribution >= 0.6 is 0 Å². The molecule has 0 radical (unpaired) electrons. The first kappa shape index (κ1) is 25.8. The molecule has 1 amide bonds. The average Bonchev–Trinajstić information content (AvgIpc) is 2.70. The van der Waals surface area contributed by atoms with Crippen LogP contribution in [0, 0.1) is 6.92 Å². The van der Waals surface area contributed by atoms with Crippen LogP contribution in [-0.2, 0) is 31.0 Å². The van der Waals surface area contributed by atoms with Crippen LogP contribution in [0.3, 0.4) is 0 Å². The molecule has 0 saturated carbocycles. The van der Waals surface area contributed by atoms with Gasteiger partial charge in [0.25, 0.3) is 0 Å². The minimum Gasteiger partial charge on any atom is -0.353 e. The van der Waals surface area contributed by atoms with Crippen LogP contribution in [-0.4, -0.2) is 41.9 Å². The Bertz CT molecular complexity index is 1170. The lowest BCUT2D eigenvalue weighted by molar-refractivity contribution is -0.139. The van der Waals surface area contributed by atoms with E-state index in [4.69, 9.17) is 0 Å². The lowest BCUT2D eigenvalue weighted by Crippen LogP contribution is -2.46. The van der Waals surface area contributed by atoms with E-state index < -0.39 is 48.6 Å². The van der Waals surface area contributed by atoms with Crippen LogP contribution < -0.4 is 14.8 Å². The molecule has 0 heterocycles. The second kappa shape index (κ2) is 9.98. The molecule has 8 nitrogen and oxygen atoms in total. The van der Waals surface area contributed by atoms with E-state index >= 15 is 0 Å². The second-order valence-corrected chi connectivity index (χ2v) is 10.3. The van der Waals surface area contributed by atoms with Crippen molar-refractivity contribution in [2.45, 2.75) is 35.9 Å². The van der Waals surface area contributed by atoms with Gasteiger partial charge < -0.3 is 5.32 Å². The fourth-order valence-electron chi connectivity index (χ4n) is 2.61. The van der Waals surface area contributed by atoms with Gasteiger partial charge in [-0.15, -0.1) is 0 Å². The summed E-state index contributed by atoms with van der Waals surface area (Å²) < 4.78 is 92.5. The molecule has 13 heteroatoms. The summed E-state index contributed by atoms with van der Waals surface area (Å²) in [6.45, 7) is 2.60. The third kappa shape index (κ3) is 6.76. The van der Waals surface area contributed by atoms with Crippen molar-refractivity contribution in [2.75, 3.05) is 13.1 Å². The molecule has 0 aliphatic rings. The molecule has 0 spiro atoms. The van der Waals surface area contributed by atoms with Crippen molar-refractivity contribution in [3.63, 3.8) is 0 Å². The minimum atomic E-state index is -4.90. The SMILES string of the molecule is Cc1ccc(S(=O)(=O)NCCNC(=O)[C@H](C)NS(=O)(=O)c2ccccc2C(F)(F)F)cc1. The second-order valence-electron chi connectivity index (χ2n) is 6.84. The van der Waals surface area contributed by atoms with Gasteiger partial charge in [0.15, 0.2) is 0 Å². The van der Waals surface area contributed by atoms with Crippen molar-refractivity contribution < 1.29 is 34.8 Å². The minimum absolute atomic E-state index is 0.0406. The van der Waals surface area contributed by atoms with Gasteiger partial charge in [0.05, 0.1) is 21.4 Å². The number of nitrogens with one attached hydrogen (secondary N) is 3. The van der Waals surface area contributed by atoms with E-state index in [1.54, 1.807) is 19.1 Å². The summed E-state index contributed by atoms with van der Waals surface area (Å²) in [6.07, 6.45) is -4.90. The summed E-state index contributed by atoms with van der Waals surface area (Å²) in [6, 6.07) is 8.29. The van der Waals surface area contributed by atoms with Gasteiger partial charge in [-0.3, -0.25) is 4.79 Å². The maximum absolute atomic E-state index is 13.1. The summed E-state index contributed by atoms with van der Waals surface area (Å²) in [7, 11) is -8.45. The molecule has 0 aromatic heterocycles. The van der Waals surface area contributed by atoms with E-state index in [9.17, 15) is 34.8 Å². The number of aryl methyl sites for hydroxylation is 1. The first-order valence-corrected chi connectivity index (χ1v) is 12.2. The number of hydrogen-bond acceptors (Lipinski definition) is 5. The van der Waals surface area contributed by atoms with Crippen molar-refractivity contribution in [3.8, 4) is 0 Å². The van der Waals surface area contributed by atoms with Gasteiger partial charge in [-0.05, 0) is 38.1 Å². The molecule has 0 aliphatic carbocycles. The van der Waals surface area contributed by atoms with E-state index in [1.807, 2.05) is 4.72 Å². The highest BCUT2D eigenvalue weighted by molar-refractivity contribution is 7.89. The van der Waals surface area contributed by atoms with Gasteiger partial charge in [-0.25, -0.2) is 21.6 Å². The quantitative estimate of drug-likeness (QED) is 0.460. The Morgan fingerprint density at radius 1 is 0.938 bits per heavy atom. The number of amides is 1. The third-order valence-electron chi connectivity index (χ3n) is 4.25. The lowest BCUT2D eigenvalue weighted by Gasteiger charge is -2.17. The molecule has 176 valence electrons. The molecule has 2 aromatic rings. The number of hydrogen-bond donors (Lipinski definition) is 3. The summed E-state index contributed by atoms with van der Waals surface area (Å²) in [5.41, 5.74) is -0.476. The highest BCUT2D eigenvalue weighted by Gasteiger charge is 2.37. The predicted octanol–water partition coefficient (Wildman–Crippen LogP) is 1.78. The largest absolute Gasteiger partial charge is 0.417 e.